The summed E-state index contributed by atoms with van der Waals surface area (Å²) >= 11 is 3.08. The lowest BCUT2D eigenvalue weighted by Gasteiger charge is -2.08. The Hall–Kier alpha value is -2.35. The van der Waals surface area contributed by atoms with Crippen LogP contribution in [0, 0.1) is 21.7 Å². The second-order valence-corrected chi connectivity index (χ2v) is 4.83. The van der Waals surface area contributed by atoms with Gasteiger partial charge in [-0.25, -0.2) is 8.78 Å². The van der Waals surface area contributed by atoms with Gasteiger partial charge in [-0.1, -0.05) is 6.07 Å². The first kappa shape index (κ1) is 15.0. The first-order chi connectivity index (χ1) is 9.90. The van der Waals surface area contributed by atoms with Gasteiger partial charge in [-0.05, 0) is 34.1 Å². The van der Waals surface area contributed by atoms with Gasteiger partial charge in [0.1, 0.15) is 0 Å². The summed E-state index contributed by atoms with van der Waals surface area (Å²) in [6.45, 7) is 0. The summed E-state index contributed by atoms with van der Waals surface area (Å²) in [5.74, 6) is -3.10. The summed E-state index contributed by atoms with van der Waals surface area (Å²) in [4.78, 5) is 22.1. The van der Waals surface area contributed by atoms with Crippen LogP contribution < -0.4 is 5.32 Å². The fourth-order valence-electron chi connectivity index (χ4n) is 1.59. The maximum absolute atomic E-state index is 13.5. The van der Waals surface area contributed by atoms with E-state index in [0.29, 0.717) is 4.47 Å². The molecule has 0 fully saturated rings. The Morgan fingerprint density at radius 1 is 1.24 bits per heavy atom. The molecule has 0 aliphatic rings. The van der Waals surface area contributed by atoms with Crippen LogP contribution in [0.4, 0.5) is 20.2 Å². The zero-order valence-corrected chi connectivity index (χ0v) is 11.9. The van der Waals surface area contributed by atoms with Crippen molar-refractivity contribution in [1.82, 2.24) is 0 Å². The molecule has 8 heteroatoms. The third-order valence-corrected chi connectivity index (χ3v) is 3.30. The first-order valence-electron chi connectivity index (χ1n) is 5.59. The van der Waals surface area contributed by atoms with Crippen LogP contribution in [0.1, 0.15) is 10.4 Å². The molecule has 0 unspecified atom stereocenters. The van der Waals surface area contributed by atoms with E-state index in [1.54, 1.807) is 0 Å². The van der Waals surface area contributed by atoms with Gasteiger partial charge < -0.3 is 5.32 Å². The van der Waals surface area contributed by atoms with Crippen LogP contribution in [0.25, 0.3) is 0 Å². The monoisotopic (exact) mass is 356 g/mol. The number of non-ortho nitro benzene ring substituents is 1. The van der Waals surface area contributed by atoms with Gasteiger partial charge in [0.15, 0.2) is 11.6 Å². The summed E-state index contributed by atoms with van der Waals surface area (Å²) in [5.41, 5.74) is -0.700. The van der Waals surface area contributed by atoms with Crippen LogP contribution in [0.3, 0.4) is 0 Å². The summed E-state index contributed by atoms with van der Waals surface area (Å²) in [5, 5.41) is 12.9. The van der Waals surface area contributed by atoms with Crippen molar-refractivity contribution < 1.29 is 18.5 Å². The number of anilines is 1. The highest BCUT2D eigenvalue weighted by Crippen LogP contribution is 2.24. The molecule has 0 bridgehead atoms. The zero-order chi connectivity index (χ0) is 15.6. The van der Waals surface area contributed by atoms with Gasteiger partial charge in [-0.3, -0.25) is 14.9 Å². The number of halogens is 3. The number of rotatable bonds is 3. The minimum atomic E-state index is -1.20. The average Bonchev–Trinajstić information content (AvgIpc) is 2.44. The van der Waals surface area contributed by atoms with Crippen LogP contribution in [0.5, 0.6) is 0 Å². The molecule has 108 valence electrons. The van der Waals surface area contributed by atoms with E-state index in [0.717, 1.165) is 12.1 Å². The molecule has 0 heterocycles. The molecule has 0 radical (unpaired) electrons. The lowest BCUT2D eigenvalue weighted by molar-refractivity contribution is -0.384. The second-order valence-electron chi connectivity index (χ2n) is 3.98. The summed E-state index contributed by atoms with van der Waals surface area (Å²) in [7, 11) is 0. The third-order valence-electron chi connectivity index (χ3n) is 2.61. The van der Waals surface area contributed by atoms with Crippen LogP contribution >= 0.6 is 15.9 Å². The lowest BCUT2D eigenvalue weighted by atomic mass is 10.2. The van der Waals surface area contributed by atoms with Gasteiger partial charge in [-0.15, -0.1) is 0 Å². The molecule has 0 saturated heterocycles. The average molecular weight is 357 g/mol. The van der Waals surface area contributed by atoms with E-state index in [2.05, 4.69) is 21.2 Å². The number of benzene rings is 2. The first-order valence-corrected chi connectivity index (χ1v) is 6.38. The largest absolute Gasteiger partial charge is 0.319 e. The molecule has 2 aromatic carbocycles. The normalized spacial score (nSPS) is 10.2. The number of nitrogens with one attached hydrogen (secondary N) is 1. The smallest absolute Gasteiger partial charge is 0.270 e. The Kier molecular flexibility index (Phi) is 4.27. The molecular weight excluding hydrogens is 350 g/mol. The van der Waals surface area contributed by atoms with Gasteiger partial charge in [0.05, 0.1) is 16.2 Å². The summed E-state index contributed by atoms with van der Waals surface area (Å²) in [6.07, 6.45) is 0. The van der Waals surface area contributed by atoms with E-state index in [1.807, 2.05) is 0 Å². The Morgan fingerprint density at radius 3 is 2.62 bits per heavy atom. The van der Waals surface area contributed by atoms with Crippen molar-refractivity contribution in [2.45, 2.75) is 0 Å². The Morgan fingerprint density at radius 2 is 1.95 bits per heavy atom. The predicted molar refractivity (Wildman–Crippen MR) is 75.1 cm³/mol. The molecule has 2 rings (SSSR count). The Balaban J connectivity index is 2.34. The third kappa shape index (κ3) is 3.22. The zero-order valence-electron chi connectivity index (χ0n) is 10.3. The van der Waals surface area contributed by atoms with Gasteiger partial charge in [0.25, 0.3) is 11.6 Å². The van der Waals surface area contributed by atoms with Gasteiger partial charge in [0, 0.05) is 16.6 Å². The molecule has 2 aromatic rings. The van der Waals surface area contributed by atoms with Crippen LogP contribution in [0.15, 0.2) is 40.9 Å². The van der Waals surface area contributed by atoms with Crippen molar-refractivity contribution in [3.8, 4) is 0 Å². The molecule has 0 atom stereocenters. The fourth-order valence-corrected chi connectivity index (χ4v) is 2.02. The van der Waals surface area contributed by atoms with Crippen LogP contribution in [-0.4, -0.2) is 10.8 Å². The van der Waals surface area contributed by atoms with Crippen molar-refractivity contribution in [2.75, 3.05) is 5.32 Å². The quantitative estimate of drug-likeness (QED) is 0.669. The number of nitro benzene ring substituents is 1. The molecule has 5 nitrogen and oxygen atoms in total. The van der Waals surface area contributed by atoms with Gasteiger partial charge in [-0.2, -0.15) is 0 Å². The molecule has 0 aliphatic heterocycles. The molecule has 0 aliphatic carbocycles. The number of nitro groups is 1. The molecule has 1 amide bonds. The Bertz CT molecular complexity index is 737. The molecule has 0 aromatic heterocycles. The number of hydrogen-bond acceptors (Lipinski definition) is 3. The molecular formula is C13H7BrF2N2O3. The highest BCUT2D eigenvalue weighted by molar-refractivity contribution is 9.10. The number of nitrogens with zero attached hydrogens (tertiary/aromatic N) is 1. The van der Waals surface area contributed by atoms with Crippen molar-refractivity contribution in [2.24, 2.45) is 0 Å². The van der Waals surface area contributed by atoms with Crippen molar-refractivity contribution in [3.63, 3.8) is 0 Å². The SMILES string of the molecule is O=C(Nc1cccc(F)c1F)c1cc([N+](=O)[O-])ccc1Br. The van der Waals surface area contributed by atoms with Crippen molar-refractivity contribution in [1.29, 1.82) is 0 Å². The van der Waals surface area contributed by atoms with Crippen LogP contribution in [0.2, 0.25) is 0 Å². The number of amides is 1. The topological polar surface area (TPSA) is 72.2 Å². The van der Waals surface area contributed by atoms with E-state index >= 15 is 0 Å². The molecule has 0 saturated carbocycles. The Labute approximate surface area is 125 Å². The van der Waals surface area contributed by atoms with Crippen molar-refractivity contribution >= 4 is 33.2 Å². The van der Waals surface area contributed by atoms with E-state index in [1.165, 1.54) is 24.3 Å². The summed E-state index contributed by atoms with van der Waals surface area (Å²) in [6, 6.07) is 6.90. The van der Waals surface area contributed by atoms with Crippen LogP contribution in [-0.2, 0) is 0 Å². The number of carbonyl (C=O) groups is 1. The molecule has 21 heavy (non-hydrogen) atoms. The predicted octanol–water partition coefficient (Wildman–Crippen LogP) is 3.89. The minimum Gasteiger partial charge on any atom is -0.319 e. The lowest BCUT2D eigenvalue weighted by Crippen LogP contribution is -2.14. The molecule has 0 spiro atoms. The second kappa shape index (κ2) is 5.96. The fraction of sp³-hybridized carbons (Fsp3) is 0. The van der Waals surface area contributed by atoms with Gasteiger partial charge >= 0.3 is 0 Å². The summed E-state index contributed by atoms with van der Waals surface area (Å²) < 4.78 is 26.8. The number of hydrogen-bond donors (Lipinski definition) is 1. The maximum atomic E-state index is 13.5. The maximum Gasteiger partial charge on any atom is 0.270 e. The highest BCUT2D eigenvalue weighted by Gasteiger charge is 2.17. The van der Waals surface area contributed by atoms with E-state index in [-0.39, 0.29) is 16.9 Å². The van der Waals surface area contributed by atoms with Crippen molar-refractivity contribution in [3.05, 3.63) is 68.2 Å². The van der Waals surface area contributed by atoms with E-state index in [9.17, 15) is 23.7 Å². The highest BCUT2D eigenvalue weighted by atomic mass is 79.9. The standard InChI is InChI=1S/C13H7BrF2N2O3/c14-9-5-4-7(18(20)21)6-8(9)13(19)17-11-3-1-2-10(15)12(11)16/h1-6H,(H,17,19). The number of carbonyl (C=O) groups excluding carboxylic acids is 1. The van der Waals surface area contributed by atoms with Gasteiger partial charge in [0.2, 0.25) is 0 Å². The minimum absolute atomic E-state index is 0.0622. The molecule has 1 N–H and O–H groups in total. The van der Waals surface area contributed by atoms with E-state index < -0.39 is 22.5 Å². The van der Waals surface area contributed by atoms with E-state index in [4.69, 9.17) is 0 Å².